The summed E-state index contributed by atoms with van der Waals surface area (Å²) in [6.45, 7) is 0. The average molecular weight is 123 g/mol. The molecule has 0 amide bonds. The number of anilines is 1. The van der Waals surface area contributed by atoms with Crippen LogP contribution >= 0.6 is 0 Å². The van der Waals surface area contributed by atoms with Gasteiger partial charge in [0.25, 0.3) is 11.5 Å². The van der Waals surface area contributed by atoms with Crippen LogP contribution in [0.15, 0.2) is 12.7 Å². The van der Waals surface area contributed by atoms with Crippen LogP contribution < -0.4 is 10.6 Å². The molecule has 1 aromatic rings. The van der Waals surface area contributed by atoms with E-state index in [9.17, 15) is 0 Å². The Morgan fingerprint density at radius 1 is 1.44 bits per heavy atom. The Hall–Kier alpha value is -1.68. The number of nitrogens with one attached hydrogen (secondary N) is 1. The molecule has 0 aliphatic rings. The molecule has 6 nitrogen and oxygen atoms in total. The monoisotopic (exact) mass is 123 g/mol. The van der Waals surface area contributed by atoms with Crippen LogP contribution in [-0.2, 0) is 0 Å². The summed E-state index contributed by atoms with van der Waals surface area (Å²) < 4.78 is 0. The molecule has 6 heteroatoms. The van der Waals surface area contributed by atoms with Crippen molar-refractivity contribution >= 4 is 5.95 Å². The highest BCUT2D eigenvalue weighted by Crippen LogP contribution is 1.86. The molecular weight excluding hydrogens is 120 g/mol. The molecule has 1 rings (SSSR count). The van der Waals surface area contributed by atoms with Gasteiger partial charge in [-0.3, -0.25) is 0 Å². The molecule has 9 heavy (non-hydrogen) atoms. The molecule has 0 atom stereocenters. The molecule has 0 aliphatic heterocycles. The molecule has 0 radical (unpaired) electrons. The fraction of sp³-hybridized carbons (Fsp3) is 0. The first-order valence-corrected chi connectivity index (χ1v) is 2.15. The van der Waals surface area contributed by atoms with Gasteiger partial charge in [0.2, 0.25) is 0 Å². The van der Waals surface area contributed by atoms with Gasteiger partial charge in [0.05, 0.1) is 5.43 Å². The highest BCUT2D eigenvalue weighted by molar-refractivity contribution is 5.17. The van der Waals surface area contributed by atoms with E-state index >= 15 is 0 Å². The third kappa shape index (κ3) is 1.36. The summed E-state index contributed by atoms with van der Waals surface area (Å²) in [6.07, 6.45) is 2.58. The Morgan fingerprint density at radius 2 is 2.11 bits per heavy atom. The third-order valence-corrected chi connectivity index (χ3v) is 0.643. The molecule has 44 valence electrons. The Bertz CT molecular complexity index is 183. The van der Waals surface area contributed by atoms with Crippen LogP contribution in [-0.4, -0.2) is 15.0 Å². The van der Waals surface area contributed by atoms with Crippen LogP contribution in [0.1, 0.15) is 0 Å². The Morgan fingerprint density at radius 3 is 2.67 bits per heavy atom. The van der Waals surface area contributed by atoms with Crippen molar-refractivity contribution in [3.63, 3.8) is 0 Å². The fourth-order valence-electron chi connectivity index (χ4n) is 0.342. The SMILES string of the molecule is [N-]=[N+2]Nc1ncncn1. The van der Waals surface area contributed by atoms with Crippen molar-refractivity contribution in [2.45, 2.75) is 0 Å². The van der Waals surface area contributed by atoms with Crippen LogP contribution in [0.25, 0.3) is 5.53 Å². The van der Waals surface area contributed by atoms with Crippen molar-refractivity contribution in [3.05, 3.63) is 18.2 Å². The van der Waals surface area contributed by atoms with Gasteiger partial charge >= 0.3 is 5.22 Å². The summed E-state index contributed by atoms with van der Waals surface area (Å²) in [7, 11) is 0. The third-order valence-electron chi connectivity index (χ3n) is 0.643. The van der Waals surface area contributed by atoms with Gasteiger partial charge in [0.15, 0.2) is 0 Å². The van der Waals surface area contributed by atoms with Gasteiger partial charge in [-0.1, -0.05) is 0 Å². The summed E-state index contributed by atoms with van der Waals surface area (Å²) in [5, 5.41) is 2.60. The number of hydrogen-bond acceptors (Lipinski definition) is 4. The van der Waals surface area contributed by atoms with Crippen molar-refractivity contribution in [1.82, 2.24) is 20.2 Å². The van der Waals surface area contributed by atoms with Crippen LogP contribution in [0.3, 0.4) is 0 Å². The van der Waals surface area contributed by atoms with E-state index in [1.54, 1.807) is 0 Å². The van der Waals surface area contributed by atoms with Crippen molar-refractivity contribution in [2.75, 3.05) is 5.43 Å². The van der Waals surface area contributed by atoms with E-state index in [1.165, 1.54) is 12.7 Å². The largest absolute Gasteiger partial charge is 0.427 e. The standard InChI is InChI=1S/C3H3N6/c4-9-8-3-6-1-5-2-7-3/h1-2H,(H-,4,5,6,7,8)/q+1. The van der Waals surface area contributed by atoms with Gasteiger partial charge in [-0.25, -0.2) is 15.0 Å². The predicted octanol–water partition coefficient (Wildman–Crippen LogP) is -0.444. The summed E-state index contributed by atoms with van der Waals surface area (Å²) >= 11 is 0. The van der Waals surface area contributed by atoms with E-state index in [-0.39, 0.29) is 5.95 Å². The van der Waals surface area contributed by atoms with Crippen molar-refractivity contribution in [2.24, 2.45) is 0 Å². The molecule has 0 aromatic carbocycles. The van der Waals surface area contributed by atoms with E-state index in [1.807, 2.05) is 0 Å². The first kappa shape index (κ1) is 5.46. The van der Waals surface area contributed by atoms with Crippen LogP contribution in [0.4, 0.5) is 5.95 Å². The number of nitrogens with zero attached hydrogens (tertiary/aromatic N) is 5. The van der Waals surface area contributed by atoms with E-state index < -0.39 is 0 Å². The van der Waals surface area contributed by atoms with Gasteiger partial charge in [0, 0.05) is 0 Å². The smallest absolute Gasteiger partial charge is 0.225 e. The Balaban J connectivity index is 2.72. The maximum Gasteiger partial charge on any atom is 0.427 e. The predicted molar refractivity (Wildman–Crippen MR) is 28.9 cm³/mol. The molecule has 0 saturated carbocycles. The lowest BCUT2D eigenvalue weighted by Gasteiger charge is -1.81. The lowest BCUT2D eigenvalue weighted by Crippen LogP contribution is -2.01. The number of hydrogen-bond donors (Lipinski definition) is 1. The van der Waals surface area contributed by atoms with E-state index in [0.717, 1.165) is 0 Å². The van der Waals surface area contributed by atoms with Gasteiger partial charge in [-0.05, 0) is 0 Å². The first-order chi connectivity index (χ1) is 4.43. The average Bonchev–Trinajstić information content (AvgIpc) is 1.91. The molecule has 1 heterocycles. The lowest BCUT2D eigenvalue weighted by molar-refractivity contribution is 0.998. The minimum Gasteiger partial charge on any atom is -0.225 e. The molecule has 0 unspecified atom stereocenters. The summed E-state index contributed by atoms with van der Waals surface area (Å²) in [5.74, 6) is 0.215. The van der Waals surface area contributed by atoms with Crippen molar-refractivity contribution in [1.29, 1.82) is 0 Å². The highest BCUT2D eigenvalue weighted by atomic mass is 15.4. The number of rotatable bonds is 2. The molecule has 0 bridgehead atoms. The van der Waals surface area contributed by atoms with Gasteiger partial charge in [-0.15, -0.1) is 0 Å². The molecule has 0 spiro atoms. The lowest BCUT2D eigenvalue weighted by atomic mass is 11.0. The van der Waals surface area contributed by atoms with E-state index in [4.69, 9.17) is 5.53 Å². The zero-order valence-electron chi connectivity index (χ0n) is 4.39. The van der Waals surface area contributed by atoms with Crippen molar-refractivity contribution in [3.8, 4) is 0 Å². The van der Waals surface area contributed by atoms with Crippen LogP contribution in [0.2, 0.25) is 0 Å². The maximum absolute atomic E-state index is 7.93. The van der Waals surface area contributed by atoms with Crippen LogP contribution in [0.5, 0.6) is 0 Å². The minimum absolute atomic E-state index is 0.215. The maximum atomic E-state index is 7.93. The van der Waals surface area contributed by atoms with Crippen LogP contribution in [0, 0.1) is 0 Å². The molecular formula is C3H3N6+. The van der Waals surface area contributed by atoms with E-state index in [0.29, 0.717) is 0 Å². The molecule has 0 aliphatic carbocycles. The summed E-state index contributed by atoms with van der Waals surface area (Å²) in [4.78, 5) is 10.7. The molecule has 1 aromatic heterocycles. The zero-order valence-corrected chi connectivity index (χ0v) is 4.39. The van der Waals surface area contributed by atoms with Gasteiger partial charge in [0.1, 0.15) is 12.7 Å². The summed E-state index contributed by atoms with van der Waals surface area (Å²) in [5.41, 5.74) is 10.1. The van der Waals surface area contributed by atoms with Gasteiger partial charge in [-0.2, -0.15) is 0 Å². The Kier molecular flexibility index (Phi) is 1.57. The fourth-order valence-corrected chi connectivity index (χ4v) is 0.342. The quantitative estimate of drug-likeness (QED) is 0.426. The zero-order chi connectivity index (χ0) is 6.53. The Labute approximate surface area is 50.8 Å². The molecule has 1 N–H and O–H groups in total. The second kappa shape index (κ2) is 2.58. The second-order valence-electron chi connectivity index (χ2n) is 1.17. The van der Waals surface area contributed by atoms with Gasteiger partial charge < -0.3 is 0 Å². The normalized spacial score (nSPS) is 8.00. The van der Waals surface area contributed by atoms with Crippen molar-refractivity contribution < 1.29 is 0 Å². The highest BCUT2D eigenvalue weighted by Gasteiger charge is 1.97. The second-order valence-corrected chi connectivity index (χ2v) is 1.17. The topological polar surface area (TPSA) is 87.1 Å². The molecule has 0 saturated heterocycles. The summed E-state index contributed by atoms with van der Waals surface area (Å²) in [6, 6.07) is 0. The minimum atomic E-state index is 0.215. The molecule has 0 fully saturated rings. The first-order valence-electron chi connectivity index (χ1n) is 2.15. The number of aromatic nitrogens is 3. The van der Waals surface area contributed by atoms with E-state index in [2.05, 4.69) is 25.6 Å².